The third-order valence-corrected chi connectivity index (χ3v) is 4.85. The lowest BCUT2D eigenvalue weighted by Crippen LogP contribution is -2.29. The van der Waals surface area contributed by atoms with Gasteiger partial charge in [-0.1, -0.05) is 0 Å². The number of hydrogen-bond acceptors (Lipinski definition) is 3. The van der Waals surface area contributed by atoms with E-state index < -0.39 is 12.1 Å². The number of hydrogen-bond donors (Lipinski definition) is 2. The van der Waals surface area contributed by atoms with Crippen LogP contribution in [0, 0.1) is 11.8 Å². The molecule has 0 atom stereocenters. The van der Waals surface area contributed by atoms with Crippen LogP contribution in [0.15, 0.2) is 23.2 Å². The molecule has 1 aliphatic heterocycles. The first-order valence-electron chi connectivity index (χ1n) is 8.95. The van der Waals surface area contributed by atoms with E-state index in [-0.39, 0.29) is 24.7 Å². The molecule has 2 aliphatic rings. The van der Waals surface area contributed by atoms with Crippen molar-refractivity contribution in [1.82, 2.24) is 0 Å². The maximum Gasteiger partial charge on any atom is 0.391 e. The number of nitrogens with one attached hydrogen (secondary N) is 1. The van der Waals surface area contributed by atoms with E-state index in [0.717, 1.165) is 12.1 Å². The van der Waals surface area contributed by atoms with Gasteiger partial charge in [-0.15, -0.1) is 0 Å². The molecule has 0 spiro atoms. The average molecular weight is 371 g/mol. The van der Waals surface area contributed by atoms with Gasteiger partial charge in [-0.3, -0.25) is 4.99 Å². The van der Waals surface area contributed by atoms with E-state index >= 15 is 0 Å². The molecular formula is C18H24F3N3O2. The molecular weight excluding hydrogens is 347 g/mol. The molecule has 1 aromatic rings. The summed E-state index contributed by atoms with van der Waals surface area (Å²) in [6.07, 6.45) is -1.82. The Morgan fingerprint density at radius 2 is 1.81 bits per heavy atom. The second-order valence-electron chi connectivity index (χ2n) is 6.82. The molecule has 3 N–H and O–H groups in total. The lowest BCUT2D eigenvalue weighted by Gasteiger charge is -2.29. The molecule has 144 valence electrons. The van der Waals surface area contributed by atoms with Crippen molar-refractivity contribution in [3.05, 3.63) is 18.2 Å². The molecule has 0 unspecified atom stereocenters. The largest absolute Gasteiger partial charge is 0.490 e. The van der Waals surface area contributed by atoms with E-state index in [4.69, 9.17) is 15.2 Å². The highest BCUT2D eigenvalue weighted by Crippen LogP contribution is 2.39. The number of aliphatic imine (C=N–C) groups is 1. The number of nitrogens with two attached hydrogens (primary N) is 1. The molecule has 1 heterocycles. The zero-order chi connectivity index (χ0) is 18.6. The van der Waals surface area contributed by atoms with E-state index in [1.165, 1.54) is 0 Å². The van der Waals surface area contributed by atoms with Crippen molar-refractivity contribution in [2.24, 2.45) is 22.6 Å². The highest BCUT2D eigenvalue weighted by Gasteiger charge is 2.41. The van der Waals surface area contributed by atoms with Crippen LogP contribution in [0.3, 0.4) is 0 Å². The van der Waals surface area contributed by atoms with Crippen molar-refractivity contribution in [2.75, 3.05) is 25.1 Å². The Hall–Kier alpha value is -2.12. The van der Waals surface area contributed by atoms with Gasteiger partial charge in [0, 0.05) is 24.7 Å². The number of nitrogens with zero attached hydrogens (tertiary/aromatic N) is 1. The summed E-state index contributed by atoms with van der Waals surface area (Å²) in [6, 6.07) is 5.44. The third kappa shape index (κ3) is 4.95. The lowest BCUT2D eigenvalue weighted by molar-refractivity contribution is -0.183. The van der Waals surface area contributed by atoms with Crippen LogP contribution in [-0.4, -0.2) is 31.9 Å². The maximum atomic E-state index is 12.7. The van der Waals surface area contributed by atoms with Gasteiger partial charge < -0.3 is 20.5 Å². The van der Waals surface area contributed by atoms with Crippen LogP contribution in [0.25, 0.3) is 0 Å². The minimum atomic E-state index is -4.08. The monoisotopic (exact) mass is 371 g/mol. The van der Waals surface area contributed by atoms with Gasteiger partial charge in [-0.2, -0.15) is 13.2 Å². The van der Waals surface area contributed by atoms with E-state index in [1.807, 2.05) is 12.1 Å². The van der Waals surface area contributed by atoms with Crippen molar-refractivity contribution in [2.45, 2.75) is 38.3 Å². The minimum absolute atomic E-state index is 0.151. The highest BCUT2D eigenvalue weighted by molar-refractivity contribution is 5.92. The van der Waals surface area contributed by atoms with Gasteiger partial charge in [0.15, 0.2) is 17.5 Å². The summed E-state index contributed by atoms with van der Waals surface area (Å²) in [6.45, 7) is 1.66. The molecule has 1 fully saturated rings. The summed E-state index contributed by atoms with van der Waals surface area (Å²) in [4.78, 5) is 4.29. The molecule has 0 aromatic heterocycles. The van der Waals surface area contributed by atoms with Gasteiger partial charge in [0.2, 0.25) is 0 Å². The van der Waals surface area contributed by atoms with Crippen molar-refractivity contribution in [3.63, 3.8) is 0 Å². The van der Waals surface area contributed by atoms with Gasteiger partial charge in [-0.25, -0.2) is 0 Å². The number of halogens is 3. The van der Waals surface area contributed by atoms with Gasteiger partial charge >= 0.3 is 6.18 Å². The Morgan fingerprint density at radius 1 is 1.12 bits per heavy atom. The van der Waals surface area contributed by atoms with Crippen LogP contribution in [0.1, 0.15) is 32.1 Å². The summed E-state index contributed by atoms with van der Waals surface area (Å²) in [5.74, 6) is 0.589. The molecule has 1 aromatic carbocycles. The molecule has 0 radical (unpaired) electrons. The van der Waals surface area contributed by atoms with Crippen molar-refractivity contribution >= 4 is 11.6 Å². The predicted molar refractivity (Wildman–Crippen MR) is 93.7 cm³/mol. The van der Waals surface area contributed by atoms with Crippen LogP contribution in [0.2, 0.25) is 0 Å². The van der Waals surface area contributed by atoms with Gasteiger partial charge in [0.25, 0.3) is 0 Å². The van der Waals surface area contributed by atoms with Crippen molar-refractivity contribution in [1.29, 1.82) is 0 Å². The number of alkyl halides is 3. The zero-order valence-corrected chi connectivity index (χ0v) is 14.5. The fourth-order valence-corrected chi connectivity index (χ4v) is 3.33. The molecule has 26 heavy (non-hydrogen) atoms. The smallest absolute Gasteiger partial charge is 0.391 e. The quantitative estimate of drug-likeness (QED) is 0.624. The predicted octanol–water partition coefficient (Wildman–Crippen LogP) is 3.94. The molecule has 5 nitrogen and oxygen atoms in total. The molecule has 1 saturated carbocycles. The fraction of sp³-hybridized carbons (Fsp3) is 0.611. The first-order chi connectivity index (χ1) is 12.4. The number of ether oxygens (including phenoxy) is 2. The summed E-state index contributed by atoms with van der Waals surface area (Å²) >= 11 is 0. The van der Waals surface area contributed by atoms with Crippen molar-refractivity contribution in [3.8, 4) is 11.5 Å². The SMILES string of the molecule is NC(=NCC1CCC(C(F)(F)F)CC1)Nc1ccc2c(c1)OCCCO2. The zero-order valence-electron chi connectivity index (χ0n) is 14.5. The Labute approximate surface area is 150 Å². The number of fused-ring (bicyclic) bond motifs is 1. The molecule has 3 rings (SSSR count). The standard InChI is InChI=1S/C18H24F3N3O2/c19-18(20,21)13-4-2-12(3-5-13)11-23-17(22)24-14-6-7-15-16(10-14)26-9-1-8-25-15/h6-7,10,12-13H,1-5,8-9,11H2,(H3,22,23,24). The molecule has 1 aliphatic carbocycles. The lowest BCUT2D eigenvalue weighted by atomic mass is 9.82. The van der Waals surface area contributed by atoms with Gasteiger partial charge in [0.05, 0.1) is 19.1 Å². The molecule has 0 saturated heterocycles. The van der Waals surface area contributed by atoms with E-state index in [0.29, 0.717) is 44.1 Å². The molecule has 0 bridgehead atoms. The number of benzene rings is 1. The second kappa shape index (κ2) is 8.05. The highest BCUT2D eigenvalue weighted by atomic mass is 19.4. The van der Waals surface area contributed by atoms with Crippen LogP contribution in [0.5, 0.6) is 11.5 Å². The summed E-state index contributed by atoms with van der Waals surface area (Å²) in [7, 11) is 0. The van der Waals surface area contributed by atoms with Crippen LogP contribution in [-0.2, 0) is 0 Å². The van der Waals surface area contributed by atoms with E-state index in [9.17, 15) is 13.2 Å². The Morgan fingerprint density at radius 3 is 2.50 bits per heavy atom. The first-order valence-corrected chi connectivity index (χ1v) is 8.95. The maximum absolute atomic E-state index is 12.7. The van der Waals surface area contributed by atoms with Gasteiger partial charge in [0.1, 0.15) is 0 Å². The van der Waals surface area contributed by atoms with Crippen LogP contribution < -0.4 is 20.5 Å². The van der Waals surface area contributed by atoms with Crippen LogP contribution in [0.4, 0.5) is 18.9 Å². The van der Waals surface area contributed by atoms with E-state index in [2.05, 4.69) is 10.3 Å². The van der Waals surface area contributed by atoms with Crippen LogP contribution >= 0.6 is 0 Å². The Bertz CT molecular complexity index is 641. The normalized spacial score (nSPS) is 24.0. The second-order valence-corrected chi connectivity index (χ2v) is 6.82. The Kier molecular flexibility index (Phi) is 5.78. The molecule has 0 amide bonds. The van der Waals surface area contributed by atoms with E-state index in [1.54, 1.807) is 6.07 Å². The number of guanidine groups is 1. The topological polar surface area (TPSA) is 68.9 Å². The summed E-state index contributed by atoms with van der Waals surface area (Å²) in [5.41, 5.74) is 6.65. The fourth-order valence-electron chi connectivity index (χ4n) is 3.33. The van der Waals surface area contributed by atoms with Crippen molar-refractivity contribution < 1.29 is 22.6 Å². The summed E-state index contributed by atoms with van der Waals surface area (Å²) < 4.78 is 49.3. The number of anilines is 1. The Balaban J connectivity index is 1.51. The number of rotatable bonds is 3. The average Bonchev–Trinajstić information content (AvgIpc) is 2.84. The van der Waals surface area contributed by atoms with Gasteiger partial charge in [-0.05, 0) is 43.7 Å². The summed E-state index contributed by atoms with van der Waals surface area (Å²) in [5, 5.41) is 3.00. The third-order valence-electron chi connectivity index (χ3n) is 4.85. The minimum Gasteiger partial charge on any atom is -0.490 e. The first kappa shape index (κ1) is 18.7. The molecule has 8 heteroatoms.